The third-order valence-electron chi connectivity index (χ3n) is 1.43. The SMILES string of the molecule is C#CCN(CC)C(C)C. The van der Waals surface area contributed by atoms with Crippen molar-refractivity contribution < 1.29 is 0 Å². The van der Waals surface area contributed by atoms with Gasteiger partial charge in [-0.05, 0) is 20.4 Å². The van der Waals surface area contributed by atoms with Crippen molar-refractivity contribution in [3.8, 4) is 12.3 Å². The Morgan fingerprint density at radius 1 is 1.56 bits per heavy atom. The molecule has 0 saturated heterocycles. The maximum atomic E-state index is 5.15. The van der Waals surface area contributed by atoms with E-state index >= 15 is 0 Å². The predicted octanol–water partition coefficient (Wildman–Crippen LogP) is 1.35. The van der Waals surface area contributed by atoms with Gasteiger partial charge in [-0.25, -0.2) is 0 Å². The average Bonchev–Trinajstić information content (AvgIpc) is 1.82. The van der Waals surface area contributed by atoms with Crippen LogP contribution >= 0.6 is 0 Å². The maximum Gasteiger partial charge on any atom is 0.0601 e. The first kappa shape index (κ1) is 8.52. The fourth-order valence-electron chi connectivity index (χ4n) is 0.777. The van der Waals surface area contributed by atoms with Crippen molar-refractivity contribution in [1.82, 2.24) is 4.90 Å². The molecule has 0 atom stereocenters. The van der Waals surface area contributed by atoms with E-state index in [0.29, 0.717) is 6.04 Å². The molecule has 52 valence electrons. The first-order valence-electron chi connectivity index (χ1n) is 3.39. The molecule has 0 aliphatic carbocycles. The van der Waals surface area contributed by atoms with E-state index in [1.165, 1.54) is 0 Å². The van der Waals surface area contributed by atoms with Crippen LogP contribution in [0.2, 0.25) is 0 Å². The number of terminal acetylenes is 1. The first-order valence-corrected chi connectivity index (χ1v) is 3.39. The van der Waals surface area contributed by atoms with Crippen LogP contribution in [0, 0.1) is 12.3 Å². The molecule has 0 aromatic rings. The molecule has 0 amide bonds. The van der Waals surface area contributed by atoms with E-state index in [9.17, 15) is 0 Å². The van der Waals surface area contributed by atoms with Crippen LogP contribution in [0.25, 0.3) is 0 Å². The number of hydrogen-bond donors (Lipinski definition) is 0. The van der Waals surface area contributed by atoms with E-state index in [4.69, 9.17) is 6.42 Å². The Morgan fingerprint density at radius 3 is 2.22 bits per heavy atom. The molecule has 1 nitrogen and oxygen atoms in total. The predicted molar refractivity (Wildman–Crippen MR) is 41.2 cm³/mol. The van der Waals surface area contributed by atoms with Crippen molar-refractivity contribution in [2.45, 2.75) is 26.8 Å². The highest BCUT2D eigenvalue weighted by molar-refractivity contribution is 4.88. The Kier molecular flexibility index (Phi) is 4.17. The zero-order chi connectivity index (χ0) is 7.28. The molecule has 0 spiro atoms. The summed E-state index contributed by atoms with van der Waals surface area (Å²) in [7, 11) is 0. The lowest BCUT2D eigenvalue weighted by Crippen LogP contribution is -2.30. The van der Waals surface area contributed by atoms with Gasteiger partial charge in [-0.2, -0.15) is 0 Å². The van der Waals surface area contributed by atoms with Crippen molar-refractivity contribution in [3.05, 3.63) is 0 Å². The third-order valence-corrected chi connectivity index (χ3v) is 1.43. The van der Waals surface area contributed by atoms with E-state index in [1.807, 2.05) is 0 Å². The molecule has 0 aromatic carbocycles. The van der Waals surface area contributed by atoms with Crippen LogP contribution in [0.1, 0.15) is 20.8 Å². The standard InChI is InChI=1S/C8H15N/c1-5-7-9(6-2)8(3)4/h1,8H,6-7H2,2-4H3. The number of hydrogen-bond acceptors (Lipinski definition) is 1. The summed E-state index contributed by atoms with van der Waals surface area (Å²) >= 11 is 0. The zero-order valence-electron chi connectivity index (χ0n) is 6.52. The molecule has 0 aliphatic heterocycles. The van der Waals surface area contributed by atoms with Crippen LogP contribution in [-0.4, -0.2) is 24.0 Å². The highest BCUT2D eigenvalue weighted by atomic mass is 15.1. The van der Waals surface area contributed by atoms with Gasteiger partial charge in [0.25, 0.3) is 0 Å². The van der Waals surface area contributed by atoms with Crippen LogP contribution in [0.5, 0.6) is 0 Å². The second-order valence-corrected chi connectivity index (χ2v) is 2.36. The molecular weight excluding hydrogens is 110 g/mol. The molecule has 1 heteroatoms. The minimum Gasteiger partial charge on any atom is -0.290 e. The fourth-order valence-corrected chi connectivity index (χ4v) is 0.777. The minimum absolute atomic E-state index is 0.575. The lowest BCUT2D eigenvalue weighted by molar-refractivity contribution is 0.263. The summed E-state index contributed by atoms with van der Waals surface area (Å²) in [6, 6.07) is 0.575. The van der Waals surface area contributed by atoms with Crippen molar-refractivity contribution in [3.63, 3.8) is 0 Å². The van der Waals surface area contributed by atoms with Gasteiger partial charge in [0.05, 0.1) is 6.54 Å². The normalized spacial score (nSPS) is 10.2. The number of nitrogens with zero attached hydrogens (tertiary/aromatic N) is 1. The van der Waals surface area contributed by atoms with Gasteiger partial charge < -0.3 is 0 Å². The molecule has 0 N–H and O–H groups in total. The van der Waals surface area contributed by atoms with Crippen LogP contribution < -0.4 is 0 Å². The zero-order valence-corrected chi connectivity index (χ0v) is 6.52. The van der Waals surface area contributed by atoms with Gasteiger partial charge in [0.1, 0.15) is 0 Å². The molecule has 0 bridgehead atoms. The van der Waals surface area contributed by atoms with Crippen LogP contribution in [-0.2, 0) is 0 Å². The summed E-state index contributed by atoms with van der Waals surface area (Å²) in [6.45, 7) is 8.25. The molecule has 0 aliphatic rings. The monoisotopic (exact) mass is 125 g/mol. The fraction of sp³-hybridized carbons (Fsp3) is 0.750. The highest BCUT2D eigenvalue weighted by Gasteiger charge is 2.02. The first-order chi connectivity index (χ1) is 4.22. The van der Waals surface area contributed by atoms with E-state index in [2.05, 4.69) is 31.6 Å². The Bertz CT molecular complexity index is 99.6. The summed E-state index contributed by atoms with van der Waals surface area (Å²) in [5.74, 6) is 2.63. The topological polar surface area (TPSA) is 3.24 Å². The molecule has 9 heavy (non-hydrogen) atoms. The van der Waals surface area contributed by atoms with Gasteiger partial charge in [0, 0.05) is 6.04 Å². The Morgan fingerprint density at radius 2 is 2.11 bits per heavy atom. The number of rotatable bonds is 3. The van der Waals surface area contributed by atoms with Crippen molar-refractivity contribution >= 4 is 0 Å². The van der Waals surface area contributed by atoms with E-state index in [1.54, 1.807) is 0 Å². The Hall–Kier alpha value is -0.480. The lowest BCUT2D eigenvalue weighted by Gasteiger charge is -2.21. The largest absolute Gasteiger partial charge is 0.290 e. The van der Waals surface area contributed by atoms with E-state index < -0.39 is 0 Å². The molecule has 0 rings (SSSR count). The van der Waals surface area contributed by atoms with E-state index in [-0.39, 0.29) is 0 Å². The summed E-state index contributed by atoms with van der Waals surface area (Å²) in [6.07, 6.45) is 5.15. The lowest BCUT2D eigenvalue weighted by atomic mass is 10.3. The molecule has 0 heterocycles. The minimum atomic E-state index is 0.575. The average molecular weight is 125 g/mol. The van der Waals surface area contributed by atoms with Crippen molar-refractivity contribution in [2.75, 3.05) is 13.1 Å². The maximum absolute atomic E-state index is 5.15. The summed E-state index contributed by atoms with van der Waals surface area (Å²) in [5, 5.41) is 0. The van der Waals surface area contributed by atoms with Crippen LogP contribution in [0.3, 0.4) is 0 Å². The van der Waals surface area contributed by atoms with Crippen LogP contribution in [0.4, 0.5) is 0 Å². The third kappa shape index (κ3) is 3.16. The second kappa shape index (κ2) is 4.40. The van der Waals surface area contributed by atoms with Gasteiger partial charge in [-0.1, -0.05) is 12.8 Å². The molecule has 0 saturated carbocycles. The second-order valence-electron chi connectivity index (χ2n) is 2.36. The smallest absolute Gasteiger partial charge is 0.0601 e. The van der Waals surface area contributed by atoms with Gasteiger partial charge >= 0.3 is 0 Å². The van der Waals surface area contributed by atoms with E-state index in [0.717, 1.165) is 13.1 Å². The molecule has 0 radical (unpaired) electrons. The Labute approximate surface area is 58.1 Å². The summed E-state index contributed by atoms with van der Waals surface area (Å²) in [4.78, 5) is 2.24. The quantitative estimate of drug-likeness (QED) is 0.515. The van der Waals surface area contributed by atoms with Crippen molar-refractivity contribution in [1.29, 1.82) is 0 Å². The van der Waals surface area contributed by atoms with Gasteiger partial charge in [0.15, 0.2) is 0 Å². The summed E-state index contributed by atoms with van der Waals surface area (Å²) in [5.41, 5.74) is 0. The van der Waals surface area contributed by atoms with Crippen LogP contribution in [0.15, 0.2) is 0 Å². The Balaban J connectivity index is 3.57. The highest BCUT2D eigenvalue weighted by Crippen LogP contribution is 1.94. The molecular formula is C8H15N. The van der Waals surface area contributed by atoms with Crippen molar-refractivity contribution in [2.24, 2.45) is 0 Å². The molecule has 0 aromatic heterocycles. The molecule has 0 fully saturated rings. The van der Waals surface area contributed by atoms with Gasteiger partial charge in [-0.3, -0.25) is 4.90 Å². The summed E-state index contributed by atoms with van der Waals surface area (Å²) < 4.78 is 0. The molecule has 0 unspecified atom stereocenters. The van der Waals surface area contributed by atoms with Gasteiger partial charge in [-0.15, -0.1) is 6.42 Å². The van der Waals surface area contributed by atoms with Gasteiger partial charge in [0.2, 0.25) is 0 Å².